The van der Waals surface area contributed by atoms with Crippen molar-refractivity contribution in [2.24, 2.45) is 14.1 Å². The summed E-state index contributed by atoms with van der Waals surface area (Å²) in [7, 11) is 3.07. The highest BCUT2D eigenvalue weighted by molar-refractivity contribution is 5.80. The van der Waals surface area contributed by atoms with Crippen molar-refractivity contribution in [1.82, 2.24) is 19.0 Å². The van der Waals surface area contributed by atoms with E-state index in [0.717, 1.165) is 30.3 Å². The van der Waals surface area contributed by atoms with E-state index in [4.69, 9.17) is 0 Å². The number of aromatic nitrogens is 3. The summed E-state index contributed by atoms with van der Waals surface area (Å²) in [6, 6.07) is 1.90. The molecular formula is C17H24N4O3. The van der Waals surface area contributed by atoms with Crippen molar-refractivity contribution in [1.29, 1.82) is 0 Å². The molecule has 0 bridgehead atoms. The second-order valence-corrected chi connectivity index (χ2v) is 6.64. The van der Waals surface area contributed by atoms with Crippen LogP contribution >= 0.6 is 0 Å². The number of nitrogens with one attached hydrogen (secondary N) is 1. The average Bonchev–Trinajstić information content (AvgIpc) is 2.79. The first kappa shape index (κ1) is 16.5. The van der Waals surface area contributed by atoms with Gasteiger partial charge in [0.1, 0.15) is 12.2 Å². The molecule has 7 nitrogen and oxygen atoms in total. The molecule has 3 rings (SSSR count). The molecule has 1 N–H and O–H groups in total. The fourth-order valence-electron chi connectivity index (χ4n) is 3.57. The highest BCUT2D eigenvalue weighted by Crippen LogP contribution is 2.17. The largest absolute Gasteiger partial charge is 0.352 e. The molecule has 2 aromatic rings. The van der Waals surface area contributed by atoms with Crippen molar-refractivity contribution in [3.8, 4) is 0 Å². The van der Waals surface area contributed by atoms with Crippen LogP contribution in [0.2, 0.25) is 0 Å². The molecule has 2 aromatic heterocycles. The first-order valence-corrected chi connectivity index (χ1v) is 8.53. The number of aryl methyl sites for hydroxylation is 1. The Bertz CT molecular complexity index is 866. The maximum Gasteiger partial charge on any atom is 0.332 e. The number of amides is 1. The molecule has 1 fully saturated rings. The normalized spacial score (nSPS) is 16.2. The van der Waals surface area contributed by atoms with Crippen molar-refractivity contribution < 1.29 is 4.79 Å². The van der Waals surface area contributed by atoms with Gasteiger partial charge in [0.15, 0.2) is 0 Å². The van der Waals surface area contributed by atoms with Crippen LogP contribution in [0, 0.1) is 0 Å². The Labute approximate surface area is 139 Å². The van der Waals surface area contributed by atoms with E-state index >= 15 is 0 Å². The quantitative estimate of drug-likeness (QED) is 0.848. The van der Waals surface area contributed by atoms with Crippen LogP contribution in [0.15, 0.2) is 21.9 Å². The molecule has 0 radical (unpaired) electrons. The fraction of sp³-hybridized carbons (Fsp3) is 0.588. The molecule has 0 unspecified atom stereocenters. The van der Waals surface area contributed by atoms with Gasteiger partial charge in [0.05, 0.1) is 5.39 Å². The Kier molecular flexibility index (Phi) is 4.59. The van der Waals surface area contributed by atoms with Gasteiger partial charge in [-0.2, -0.15) is 0 Å². The zero-order valence-corrected chi connectivity index (χ0v) is 14.2. The van der Waals surface area contributed by atoms with Crippen molar-refractivity contribution >= 4 is 16.9 Å². The minimum absolute atomic E-state index is 0.0764. The smallest absolute Gasteiger partial charge is 0.332 e. The third-order valence-corrected chi connectivity index (χ3v) is 4.89. The van der Waals surface area contributed by atoms with Crippen LogP contribution < -0.4 is 16.6 Å². The number of fused-ring (bicyclic) bond motifs is 1. The summed E-state index contributed by atoms with van der Waals surface area (Å²) >= 11 is 0. The van der Waals surface area contributed by atoms with Gasteiger partial charge >= 0.3 is 5.69 Å². The lowest BCUT2D eigenvalue weighted by molar-refractivity contribution is -0.122. The number of rotatable bonds is 3. The van der Waals surface area contributed by atoms with Gasteiger partial charge in [0.2, 0.25) is 5.91 Å². The number of hydrogen-bond acceptors (Lipinski definition) is 3. The molecule has 130 valence electrons. The van der Waals surface area contributed by atoms with Crippen molar-refractivity contribution in [2.75, 3.05) is 0 Å². The molecule has 1 aliphatic rings. The molecule has 0 saturated heterocycles. The summed E-state index contributed by atoms with van der Waals surface area (Å²) in [5.41, 5.74) is -0.244. The van der Waals surface area contributed by atoms with Crippen LogP contribution in [-0.2, 0) is 25.4 Å². The molecule has 1 aliphatic carbocycles. The Balaban J connectivity index is 1.84. The van der Waals surface area contributed by atoms with Gasteiger partial charge in [-0.1, -0.05) is 25.7 Å². The number of nitrogens with zero attached hydrogens (tertiary/aromatic N) is 3. The van der Waals surface area contributed by atoms with Gasteiger partial charge < -0.3 is 9.88 Å². The summed E-state index contributed by atoms with van der Waals surface area (Å²) in [5, 5.41) is 3.54. The van der Waals surface area contributed by atoms with Crippen LogP contribution in [0.1, 0.15) is 38.5 Å². The topological polar surface area (TPSA) is 78.0 Å². The van der Waals surface area contributed by atoms with E-state index in [1.165, 1.54) is 24.5 Å². The zero-order valence-electron chi connectivity index (χ0n) is 14.2. The van der Waals surface area contributed by atoms with Crippen LogP contribution in [0.3, 0.4) is 0 Å². The molecule has 0 atom stereocenters. The van der Waals surface area contributed by atoms with Crippen LogP contribution in [0.5, 0.6) is 0 Å². The van der Waals surface area contributed by atoms with Gasteiger partial charge in [-0.3, -0.25) is 18.7 Å². The summed E-state index contributed by atoms with van der Waals surface area (Å²) in [5.74, 6) is -0.0764. The summed E-state index contributed by atoms with van der Waals surface area (Å²) in [6.45, 7) is 0.112. The maximum absolute atomic E-state index is 12.4. The predicted octanol–water partition coefficient (Wildman–Crippen LogP) is 0.878. The van der Waals surface area contributed by atoms with Gasteiger partial charge in [-0.25, -0.2) is 4.79 Å². The van der Waals surface area contributed by atoms with Crippen molar-refractivity contribution in [3.05, 3.63) is 33.1 Å². The van der Waals surface area contributed by atoms with Gasteiger partial charge in [0.25, 0.3) is 5.56 Å². The summed E-state index contributed by atoms with van der Waals surface area (Å²) in [6.07, 6.45) is 8.52. The molecular weight excluding hydrogens is 308 g/mol. The van der Waals surface area contributed by atoms with Gasteiger partial charge in [0, 0.05) is 26.3 Å². The molecule has 1 saturated carbocycles. The average molecular weight is 332 g/mol. The van der Waals surface area contributed by atoms with E-state index in [2.05, 4.69) is 5.32 Å². The van der Waals surface area contributed by atoms with Crippen LogP contribution in [-0.4, -0.2) is 25.7 Å². The van der Waals surface area contributed by atoms with Crippen LogP contribution in [0.25, 0.3) is 11.0 Å². The molecule has 2 heterocycles. The first-order chi connectivity index (χ1) is 11.5. The Hall–Kier alpha value is -2.31. The molecule has 0 spiro atoms. The molecule has 1 amide bonds. The fourth-order valence-corrected chi connectivity index (χ4v) is 3.57. The Morgan fingerprint density at radius 1 is 1.12 bits per heavy atom. The monoisotopic (exact) mass is 332 g/mol. The van der Waals surface area contributed by atoms with Crippen LogP contribution in [0.4, 0.5) is 0 Å². The minimum atomic E-state index is -0.392. The number of carbonyl (C=O) groups excluding carboxylic acids is 1. The number of hydrogen-bond donors (Lipinski definition) is 1. The van der Waals surface area contributed by atoms with E-state index in [1.54, 1.807) is 23.9 Å². The lowest BCUT2D eigenvalue weighted by atomic mass is 10.1. The number of carbonyl (C=O) groups is 1. The SMILES string of the molecule is Cn1c(=O)c2ccn(CC(=O)NC3CCCCCC3)c2n(C)c1=O. The third-order valence-electron chi connectivity index (χ3n) is 4.89. The van der Waals surface area contributed by atoms with Crippen molar-refractivity contribution in [2.45, 2.75) is 51.1 Å². The van der Waals surface area contributed by atoms with E-state index in [0.29, 0.717) is 11.0 Å². The predicted molar refractivity (Wildman–Crippen MR) is 92.1 cm³/mol. The zero-order chi connectivity index (χ0) is 17.3. The summed E-state index contributed by atoms with van der Waals surface area (Å²) in [4.78, 5) is 36.7. The van der Waals surface area contributed by atoms with Gasteiger partial charge in [-0.05, 0) is 18.9 Å². The Morgan fingerprint density at radius 3 is 2.46 bits per heavy atom. The lowest BCUT2D eigenvalue weighted by Crippen LogP contribution is -2.39. The first-order valence-electron chi connectivity index (χ1n) is 8.53. The third kappa shape index (κ3) is 3.02. The van der Waals surface area contributed by atoms with Crippen molar-refractivity contribution in [3.63, 3.8) is 0 Å². The summed E-state index contributed by atoms with van der Waals surface area (Å²) < 4.78 is 4.16. The molecule has 0 aromatic carbocycles. The standard InChI is InChI=1S/C17H24N4O3/c1-19-15-13(16(23)20(2)17(19)24)9-10-21(15)11-14(22)18-12-7-5-3-4-6-8-12/h9-10,12H,3-8,11H2,1-2H3,(H,18,22). The lowest BCUT2D eigenvalue weighted by Gasteiger charge is -2.17. The maximum atomic E-state index is 12.4. The highest BCUT2D eigenvalue weighted by Gasteiger charge is 2.17. The van der Waals surface area contributed by atoms with E-state index in [9.17, 15) is 14.4 Å². The van der Waals surface area contributed by atoms with E-state index in [1.807, 2.05) is 0 Å². The Morgan fingerprint density at radius 2 is 1.79 bits per heavy atom. The molecule has 24 heavy (non-hydrogen) atoms. The second kappa shape index (κ2) is 6.67. The second-order valence-electron chi connectivity index (χ2n) is 6.64. The van der Waals surface area contributed by atoms with Gasteiger partial charge in [-0.15, -0.1) is 0 Å². The highest BCUT2D eigenvalue weighted by atomic mass is 16.2. The van der Waals surface area contributed by atoms with E-state index in [-0.39, 0.29) is 24.1 Å². The molecule has 0 aliphatic heterocycles. The molecule has 7 heteroatoms. The minimum Gasteiger partial charge on any atom is -0.352 e. The van der Waals surface area contributed by atoms with E-state index < -0.39 is 5.69 Å².